The van der Waals surface area contributed by atoms with Crippen LogP contribution in [0.5, 0.6) is 0 Å². The molecule has 0 amide bonds. The minimum atomic E-state index is -0.957. The van der Waals surface area contributed by atoms with Gasteiger partial charge in [-0.05, 0) is 45.3 Å². The van der Waals surface area contributed by atoms with Gasteiger partial charge in [0.25, 0.3) is 0 Å². The second kappa shape index (κ2) is 7.03. The van der Waals surface area contributed by atoms with Crippen molar-refractivity contribution in [3.05, 3.63) is 27.4 Å². The Morgan fingerprint density at radius 2 is 1.88 bits per heavy atom. The minimum Gasteiger partial charge on any atom is -0.478 e. The Hall–Kier alpha value is -1.09. The van der Waals surface area contributed by atoms with Crippen LogP contribution in [0.2, 0.25) is 0 Å². The Kier molecular flexibility index (Phi) is 5.64. The van der Waals surface area contributed by atoms with E-state index in [0.29, 0.717) is 5.75 Å². The molecule has 1 aromatic heterocycles. The molecule has 0 radical (unpaired) electrons. The van der Waals surface area contributed by atoms with Gasteiger partial charge in [0, 0.05) is 22.9 Å². The van der Waals surface area contributed by atoms with Crippen LogP contribution in [0.15, 0.2) is 16.9 Å². The number of carboxylic acid groups (broad SMARTS) is 1. The molecule has 5 nitrogen and oxygen atoms in total. The zero-order valence-corrected chi connectivity index (χ0v) is 16.0. The molecule has 1 aliphatic heterocycles. The van der Waals surface area contributed by atoms with Crippen molar-refractivity contribution in [3.63, 3.8) is 0 Å². The molecule has 0 saturated carbocycles. The van der Waals surface area contributed by atoms with Crippen molar-refractivity contribution in [1.29, 1.82) is 0 Å². The molecule has 130 valence electrons. The van der Waals surface area contributed by atoms with Gasteiger partial charge < -0.3 is 14.4 Å². The fourth-order valence-corrected chi connectivity index (χ4v) is 3.52. The molecule has 8 heteroatoms. The summed E-state index contributed by atoms with van der Waals surface area (Å²) in [6.45, 7) is 9.39. The third-order valence-electron chi connectivity index (χ3n) is 4.19. The first-order valence-corrected chi connectivity index (χ1v) is 9.39. The van der Waals surface area contributed by atoms with Gasteiger partial charge in [0.2, 0.25) is 0 Å². The van der Waals surface area contributed by atoms with Gasteiger partial charge in [-0.25, -0.2) is 4.79 Å². The Morgan fingerprint density at radius 3 is 2.33 bits per heavy atom. The maximum atomic E-state index is 11.3. The maximum absolute atomic E-state index is 11.3. The van der Waals surface area contributed by atoms with E-state index in [2.05, 4.69) is 0 Å². The van der Waals surface area contributed by atoms with Crippen LogP contribution in [0.3, 0.4) is 0 Å². The number of hydrogen-bond donors (Lipinski definition) is 1. The van der Waals surface area contributed by atoms with E-state index in [1.54, 1.807) is 11.4 Å². The van der Waals surface area contributed by atoms with Crippen molar-refractivity contribution in [1.82, 2.24) is 0 Å². The molecule has 24 heavy (non-hydrogen) atoms. The summed E-state index contributed by atoms with van der Waals surface area (Å²) in [4.78, 5) is 23.2. The smallest absolute Gasteiger partial charge is 0.478 e. The molecule has 2 rings (SSSR count). The van der Waals surface area contributed by atoms with Gasteiger partial charge in [0.15, 0.2) is 5.12 Å². The summed E-state index contributed by atoms with van der Waals surface area (Å²) in [5, 5.41) is 10.6. The van der Waals surface area contributed by atoms with Crippen LogP contribution in [-0.4, -0.2) is 40.3 Å². The number of rotatable bonds is 5. The molecule has 0 spiro atoms. The third-order valence-corrected chi connectivity index (χ3v) is 5.96. The van der Waals surface area contributed by atoms with E-state index >= 15 is 0 Å². The van der Waals surface area contributed by atoms with Crippen LogP contribution in [0, 0.1) is 0 Å². The summed E-state index contributed by atoms with van der Waals surface area (Å²) in [7, 11) is -0.558. The summed E-state index contributed by atoms with van der Waals surface area (Å²) in [5.74, 6) is -0.520. The fraction of sp³-hybridized carbons (Fsp3) is 0.500. The van der Waals surface area contributed by atoms with E-state index in [4.69, 9.17) is 14.4 Å². The predicted molar refractivity (Wildman–Crippen MR) is 98.5 cm³/mol. The molecule has 1 N–H and O–H groups in total. The first kappa shape index (κ1) is 19.2. The summed E-state index contributed by atoms with van der Waals surface area (Å²) >= 11 is 2.52. The van der Waals surface area contributed by atoms with Gasteiger partial charge in [0.05, 0.1) is 16.8 Å². The highest BCUT2D eigenvalue weighted by atomic mass is 32.2. The van der Waals surface area contributed by atoms with Gasteiger partial charge in [-0.2, -0.15) is 0 Å². The van der Waals surface area contributed by atoms with E-state index in [1.807, 2.05) is 33.8 Å². The van der Waals surface area contributed by atoms with E-state index in [-0.39, 0.29) is 10.7 Å². The Bertz CT molecular complexity index is 662. The highest BCUT2D eigenvalue weighted by Crippen LogP contribution is 2.39. The number of thiophene rings is 1. The molecule has 0 unspecified atom stereocenters. The quantitative estimate of drug-likeness (QED) is 0.799. The SMILES string of the molecule is CC(=O)SCC(=Cc1cc(C(=O)O)cs1)B1OC(C)(C)C(C)(C)O1. The molecular formula is C16H21BO5S2. The zero-order valence-electron chi connectivity index (χ0n) is 14.4. The van der Waals surface area contributed by atoms with Crippen LogP contribution in [0.25, 0.3) is 6.08 Å². The molecule has 2 heterocycles. The fourth-order valence-electron chi connectivity index (χ4n) is 2.08. The topological polar surface area (TPSA) is 72.8 Å². The monoisotopic (exact) mass is 368 g/mol. The molecular weight excluding hydrogens is 347 g/mol. The lowest BCUT2D eigenvalue weighted by molar-refractivity contribution is -0.109. The zero-order chi connectivity index (χ0) is 18.1. The number of hydrogen-bond acceptors (Lipinski definition) is 6. The van der Waals surface area contributed by atoms with E-state index < -0.39 is 24.3 Å². The lowest BCUT2D eigenvalue weighted by Gasteiger charge is -2.32. The average molecular weight is 368 g/mol. The largest absolute Gasteiger partial charge is 0.491 e. The van der Waals surface area contributed by atoms with Crippen LogP contribution >= 0.6 is 23.1 Å². The standard InChI is InChI=1S/C16H21BO5S2/c1-10(18)23-9-12(7-13-6-11(8-24-13)14(19)20)17-21-15(2,3)16(4,5)22-17/h6-8H,9H2,1-5H3,(H,19,20). The number of carboxylic acids is 1. The van der Waals surface area contributed by atoms with Gasteiger partial charge >= 0.3 is 13.1 Å². The van der Waals surface area contributed by atoms with Crippen molar-refractivity contribution in [3.8, 4) is 0 Å². The lowest BCUT2D eigenvalue weighted by Crippen LogP contribution is -2.41. The average Bonchev–Trinajstić information content (AvgIpc) is 2.97. The second-order valence-corrected chi connectivity index (χ2v) is 8.73. The normalized spacial score (nSPS) is 19.5. The first-order valence-electron chi connectivity index (χ1n) is 7.53. The van der Waals surface area contributed by atoms with Gasteiger partial charge in [-0.1, -0.05) is 11.8 Å². The van der Waals surface area contributed by atoms with Gasteiger partial charge in [-0.3, -0.25) is 4.79 Å². The van der Waals surface area contributed by atoms with Crippen LogP contribution < -0.4 is 0 Å². The molecule has 1 fully saturated rings. The number of carbonyl (C=O) groups is 2. The Balaban J connectivity index is 2.29. The molecule has 0 aromatic carbocycles. The van der Waals surface area contributed by atoms with E-state index in [1.165, 1.54) is 30.0 Å². The van der Waals surface area contributed by atoms with Crippen LogP contribution in [-0.2, 0) is 14.1 Å². The van der Waals surface area contributed by atoms with Crippen molar-refractivity contribution in [2.24, 2.45) is 0 Å². The Morgan fingerprint density at radius 1 is 1.29 bits per heavy atom. The van der Waals surface area contributed by atoms with E-state index in [9.17, 15) is 9.59 Å². The van der Waals surface area contributed by atoms with E-state index in [0.717, 1.165) is 10.3 Å². The molecule has 1 aromatic rings. The van der Waals surface area contributed by atoms with Gasteiger partial charge in [-0.15, -0.1) is 11.3 Å². The highest BCUT2D eigenvalue weighted by molar-refractivity contribution is 8.13. The molecule has 0 bridgehead atoms. The van der Waals surface area contributed by atoms with Crippen molar-refractivity contribution >= 4 is 47.4 Å². The minimum absolute atomic E-state index is 0.00909. The number of thioether (sulfide) groups is 1. The molecule has 0 atom stereocenters. The first-order chi connectivity index (χ1) is 11.0. The summed E-state index contributed by atoms with van der Waals surface area (Å²) in [6, 6.07) is 1.61. The van der Waals surface area contributed by atoms with Crippen molar-refractivity contribution in [2.75, 3.05) is 5.75 Å². The van der Waals surface area contributed by atoms with Gasteiger partial charge in [0.1, 0.15) is 0 Å². The molecule has 0 aliphatic carbocycles. The third kappa shape index (κ3) is 4.30. The lowest BCUT2D eigenvalue weighted by atomic mass is 9.79. The highest BCUT2D eigenvalue weighted by Gasteiger charge is 2.52. The Labute approximate surface area is 150 Å². The second-order valence-electron chi connectivity index (χ2n) is 6.63. The predicted octanol–water partition coefficient (Wildman–Crippen LogP) is 3.74. The molecule has 1 saturated heterocycles. The van der Waals surface area contributed by atoms with Crippen LogP contribution in [0.4, 0.5) is 0 Å². The van der Waals surface area contributed by atoms with Crippen molar-refractivity contribution < 1.29 is 24.0 Å². The summed E-state index contributed by atoms with van der Waals surface area (Å²) in [6.07, 6.45) is 1.86. The van der Waals surface area contributed by atoms with Crippen molar-refractivity contribution in [2.45, 2.75) is 45.8 Å². The number of aromatic carboxylic acids is 1. The maximum Gasteiger partial charge on any atom is 0.491 e. The summed E-state index contributed by atoms with van der Waals surface area (Å²) < 4.78 is 12.1. The summed E-state index contributed by atoms with van der Waals surface area (Å²) in [5.41, 5.74) is 0.116. The van der Waals surface area contributed by atoms with Crippen LogP contribution in [0.1, 0.15) is 49.9 Å². The molecule has 1 aliphatic rings. The number of carbonyl (C=O) groups excluding carboxylic acids is 1.